The number of rotatable bonds is 5. The Hall–Kier alpha value is -2.41. The molecule has 1 aromatic carbocycles. The van der Waals surface area contributed by atoms with Crippen molar-refractivity contribution in [2.75, 3.05) is 19.6 Å². The predicted octanol–water partition coefficient (Wildman–Crippen LogP) is -0.0878. The predicted molar refractivity (Wildman–Crippen MR) is 88.3 cm³/mol. The van der Waals surface area contributed by atoms with Crippen LogP contribution in [0.15, 0.2) is 29.2 Å². The number of benzene rings is 1. The van der Waals surface area contributed by atoms with E-state index in [-0.39, 0.29) is 30.1 Å². The summed E-state index contributed by atoms with van der Waals surface area (Å²) in [6.07, 6.45) is 3.49. The Morgan fingerprint density at radius 1 is 1.44 bits per heavy atom. The number of hydrogen-bond donors (Lipinski definition) is 2. The molecule has 1 heterocycles. The van der Waals surface area contributed by atoms with Gasteiger partial charge in [-0.05, 0) is 25.1 Å². The lowest BCUT2D eigenvalue weighted by Gasteiger charge is -2.35. The molecule has 0 aromatic heterocycles. The van der Waals surface area contributed by atoms with E-state index in [2.05, 4.69) is 10.6 Å². The Balaban J connectivity index is 2.24. The molecule has 1 unspecified atom stereocenters. The van der Waals surface area contributed by atoms with Crippen LogP contribution in [-0.2, 0) is 19.6 Å². The van der Waals surface area contributed by atoms with Crippen LogP contribution in [0.4, 0.5) is 0 Å². The number of aliphatic carboxylic acids is 1. The average Bonchev–Trinajstić information content (AvgIpc) is 2.59. The number of amides is 1. The third kappa shape index (κ3) is 4.57. The van der Waals surface area contributed by atoms with Crippen LogP contribution in [0.1, 0.15) is 17.3 Å². The second kappa shape index (κ2) is 7.65. The summed E-state index contributed by atoms with van der Waals surface area (Å²) >= 11 is 0. The summed E-state index contributed by atoms with van der Waals surface area (Å²) in [5.41, 5.74) is 0.141. The van der Waals surface area contributed by atoms with Crippen LogP contribution in [0.3, 0.4) is 0 Å². The third-order valence-electron chi connectivity index (χ3n) is 3.58. The lowest BCUT2D eigenvalue weighted by Crippen LogP contribution is -2.51. The van der Waals surface area contributed by atoms with Crippen molar-refractivity contribution < 1.29 is 27.9 Å². The Morgan fingerprint density at radius 2 is 2.16 bits per heavy atom. The number of nitrogens with zero attached hydrogens (tertiary/aromatic N) is 1. The van der Waals surface area contributed by atoms with Crippen LogP contribution in [0.2, 0.25) is 0 Å². The standard InChI is InChI=1S/C16H18N2O6S/c1-3-7-17-25(22,23)13-6-4-5-12(8-13)15(19)18-9-11(2)24-14(10-18)16(20)21/h1,4-6,8,11,14,17H,7,9-10H2,2H3,(H,20,21)/t11-,14?/m1/s1. The molecule has 0 bridgehead atoms. The normalized spacial score (nSPS) is 20.7. The van der Waals surface area contributed by atoms with Crippen molar-refractivity contribution in [3.8, 4) is 12.3 Å². The Bertz CT molecular complexity index is 814. The molecule has 9 heteroatoms. The number of ether oxygens (including phenoxy) is 1. The van der Waals surface area contributed by atoms with Gasteiger partial charge in [0.05, 0.1) is 24.1 Å². The van der Waals surface area contributed by atoms with Gasteiger partial charge in [-0.2, -0.15) is 4.72 Å². The zero-order valence-electron chi connectivity index (χ0n) is 13.5. The summed E-state index contributed by atoms with van der Waals surface area (Å²) in [7, 11) is -3.83. The van der Waals surface area contributed by atoms with Gasteiger partial charge in [-0.3, -0.25) is 4.79 Å². The first kappa shape index (κ1) is 18.9. The molecule has 1 fully saturated rings. The average molecular weight is 366 g/mol. The van der Waals surface area contributed by atoms with Gasteiger partial charge in [0.25, 0.3) is 5.91 Å². The smallest absolute Gasteiger partial charge is 0.334 e. The minimum Gasteiger partial charge on any atom is -0.479 e. The van der Waals surface area contributed by atoms with Crippen LogP contribution in [0, 0.1) is 12.3 Å². The SMILES string of the molecule is C#CCNS(=O)(=O)c1cccc(C(=O)N2CC(C(=O)O)O[C@H](C)C2)c1. The van der Waals surface area contributed by atoms with Crippen molar-refractivity contribution in [3.63, 3.8) is 0 Å². The van der Waals surface area contributed by atoms with E-state index in [9.17, 15) is 18.0 Å². The van der Waals surface area contributed by atoms with E-state index in [1.807, 2.05) is 0 Å². The molecule has 0 aliphatic carbocycles. The summed E-state index contributed by atoms with van der Waals surface area (Å²) in [6, 6.07) is 5.49. The second-order valence-electron chi connectivity index (χ2n) is 5.54. The quantitative estimate of drug-likeness (QED) is 0.705. The van der Waals surface area contributed by atoms with Gasteiger partial charge in [-0.1, -0.05) is 12.0 Å². The minimum atomic E-state index is -3.83. The molecular formula is C16H18N2O6S. The van der Waals surface area contributed by atoms with E-state index in [1.54, 1.807) is 6.92 Å². The highest BCUT2D eigenvalue weighted by Gasteiger charge is 2.33. The number of nitrogens with one attached hydrogen (secondary N) is 1. The highest BCUT2D eigenvalue weighted by molar-refractivity contribution is 7.89. The van der Waals surface area contributed by atoms with Crippen molar-refractivity contribution in [2.45, 2.75) is 24.0 Å². The fourth-order valence-electron chi connectivity index (χ4n) is 2.45. The topological polar surface area (TPSA) is 113 Å². The molecule has 1 aromatic rings. The zero-order chi connectivity index (χ0) is 18.6. The molecule has 1 aliphatic rings. The molecule has 8 nitrogen and oxygen atoms in total. The van der Waals surface area contributed by atoms with E-state index < -0.39 is 34.1 Å². The molecule has 2 N–H and O–H groups in total. The van der Waals surface area contributed by atoms with E-state index in [4.69, 9.17) is 16.3 Å². The molecule has 134 valence electrons. The molecule has 0 radical (unpaired) electrons. The van der Waals surface area contributed by atoms with E-state index >= 15 is 0 Å². The van der Waals surface area contributed by atoms with Crippen LogP contribution < -0.4 is 4.72 Å². The van der Waals surface area contributed by atoms with Crippen molar-refractivity contribution in [1.82, 2.24) is 9.62 Å². The van der Waals surface area contributed by atoms with Crippen LogP contribution >= 0.6 is 0 Å². The van der Waals surface area contributed by atoms with Crippen molar-refractivity contribution in [3.05, 3.63) is 29.8 Å². The number of carboxylic acids is 1. The van der Waals surface area contributed by atoms with Gasteiger partial charge in [0, 0.05) is 12.1 Å². The number of sulfonamides is 1. The summed E-state index contributed by atoms with van der Waals surface area (Å²) in [4.78, 5) is 25.0. The van der Waals surface area contributed by atoms with Crippen molar-refractivity contribution in [2.24, 2.45) is 0 Å². The summed E-state index contributed by atoms with van der Waals surface area (Å²) < 4.78 is 31.7. The Morgan fingerprint density at radius 3 is 2.80 bits per heavy atom. The zero-order valence-corrected chi connectivity index (χ0v) is 14.3. The maximum absolute atomic E-state index is 12.6. The van der Waals surface area contributed by atoms with Gasteiger partial charge in [-0.25, -0.2) is 13.2 Å². The van der Waals surface area contributed by atoms with Gasteiger partial charge in [-0.15, -0.1) is 6.42 Å². The number of carboxylic acid groups (broad SMARTS) is 1. The van der Waals surface area contributed by atoms with Gasteiger partial charge >= 0.3 is 5.97 Å². The second-order valence-corrected chi connectivity index (χ2v) is 7.31. The molecule has 2 atom stereocenters. The largest absolute Gasteiger partial charge is 0.479 e. The number of terminal acetylenes is 1. The lowest BCUT2D eigenvalue weighted by molar-refractivity contribution is -0.160. The molecule has 1 amide bonds. The van der Waals surface area contributed by atoms with Crippen molar-refractivity contribution >= 4 is 21.9 Å². The Labute approximate surface area is 145 Å². The molecule has 1 saturated heterocycles. The summed E-state index contributed by atoms with van der Waals surface area (Å²) in [5.74, 6) is 0.552. The first-order valence-corrected chi connectivity index (χ1v) is 8.93. The maximum Gasteiger partial charge on any atom is 0.334 e. The van der Waals surface area contributed by atoms with Crippen LogP contribution in [-0.4, -0.2) is 62.1 Å². The molecule has 0 saturated carbocycles. The van der Waals surface area contributed by atoms with E-state index in [1.165, 1.54) is 29.2 Å². The van der Waals surface area contributed by atoms with E-state index in [0.717, 1.165) is 0 Å². The molecule has 25 heavy (non-hydrogen) atoms. The number of hydrogen-bond acceptors (Lipinski definition) is 5. The summed E-state index contributed by atoms with van der Waals surface area (Å²) in [6.45, 7) is 1.61. The van der Waals surface area contributed by atoms with E-state index in [0.29, 0.717) is 0 Å². The first-order valence-electron chi connectivity index (χ1n) is 7.45. The highest BCUT2D eigenvalue weighted by Crippen LogP contribution is 2.17. The first-order chi connectivity index (χ1) is 11.7. The summed E-state index contributed by atoms with van der Waals surface area (Å²) in [5, 5.41) is 9.09. The van der Waals surface area contributed by atoms with Gasteiger partial charge in [0.1, 0.15) is 0 Å². The third-order valence-corrected chi connectivity index (χ3v) is 4.98. The van der Waals surface area contributed by atoms with Gasteiger partial charge in [0.2, 0.25) is 10.0 Å². The number of carbonyl (C=O) groups is 2. The van der Waals surface area contributed by atoms with Crippen LogP contribution in [0.25, 0.3) is 0 Å². The van der Waals surface area contributed by atoms with Gasteiger partial charge < -0.3 is 14.7 Å². The monoisotopic (exact) mass is 366 g/mol. The fraction of sp³-hybridized carbons (Fsp3) is 0.375. The fourth-order valence-corrected chi connectivity index (χ4v) is 3.43. The van der Waals surface area contributed by atoms with Gasteiger partial charge in [0.15, 0.2) is 6.10 Å². The highest BCUT2D eigenvalue weighted by atomic mass is 32.2. The molecule has 2 rings (SSSR count). The lowest BCUT2D eigenvalue weighted by atomic mass is 10.1. The molecular weight excluding hydrogens is 348 g/mol. The van der Waals surface area contributed by atoms with Crippen molar-refractivity contribution in [1.29, 1.82) is 0 Å². The number of morpholine rings is 1. The molecule has 1 aliphatic heterocycles. The minimum absolute atomic E-state index is 0.0929. The van der Waals surface area contributed by atoms with Crippen LogP contribution in [0.5, 0.6) is 0 Å². The Kier molecular flexibility index (Phi) is 5.79. The maximum atomic E-state index is 12.6. The molecule has 0 spiro atoms. The number of carbonyl (C=O) groups excluding carboxylic acids is 1.